The number of nitrogens with zero attached hydrogens (tertiary/aromatic N) is 3. The second-order valence-corrected chi connectivity index (χ2v) is 14.1. The first-order chi connectivity index (χ1) is 17.1. The predicted molar refractivity (Wildman–Crippen MR) is 149 cm³/mol. The molecular formula is C26H28Cl2N5O2P. The summed E-state index contributed by atoms with van der Waals surface area (Å²) in [6.07, 6.45) is 5.04. The van der Waals surface area contributed by atoms with Crippen LogP contribution in [0, 0.1) is 5.41 Å². The van der Waals surface area contributed by atoms with Crippen molar-refractivity contribution in [2.75, 3.05) is 42.0 Å². The first kappa shape index (κ1) is 25.1. The number of aromatic nitrogens is 2. The molecule has 36 heavy (non-hydrogen) atoms. The first-order valence-corrected chi connectivity index (χ1v) is 15.3. The molecule has 2 aromatic carbocycles. The quantitative estimate of drug-likeness (QED) is 0.344. The molecule has 2 heterocycles. The van der Waals surface area contributed by atoms with E-state index >= 15 is 0 Å². The van der Waals surface area contributed by atoms with E-state index in [-0.39, 0.29) is 5.41 Å². The van der Waals surface area contributed by atoms with E-state index in [1.54, 1.807) is 13.3 Å². The van der Waals surface area contributed by atoms with E-state index in [0.717, 1.165) is 55.5 Å². The second kappa shape index (κ2) is 9.70. The van der Waals surface area contributed by atoms with Crippen molar-refractivity contribution in [1.29, 1.82) is 0 Å². The van der Waals surface area contributed by atoms with Crippen LogP contribution < -0.4 is 20.8 Å². The third-order valence-corrected chi connectivity index (χ3v) is 9.12. The van der Waals surface area contributed by atoms with E-state index in [9.17, 15) is 9.36 Å². The molecule has 0 bridgehead atoms. The molecule has 1 saturated heterocycles. The third kappa shape index (κ3) is 5.24. The number of ketones is 1. The number of carbonyl (C=O) groups is 1. The van der Waals surface area contributed by atoms with Gasteiger partial charge in [-0.1, -0.05) is 35.3 Å². The summed E-state index contributed by atoms with van der Waals surface area (Å²) < 4.78 is 12.7. The Morgan fingerprint density at radius 3 is 2.39 bits per heavy atom. The lowest BCUT2D eigenvalue weighted by Gasteiger charge is -2.47. The van der Waals surface area contributed by atoms with Crippen molar-refractivity contribution in [3.05, 3.63) is 58.7 Å². The van der Waals surface area contributed by atoms with Gasteiger partial charge in [0.05, 0.1) is 22.6 Å². The number of carbonyl (C=O) groups excluding carboxylic acids is 1. The largest absolute Gasteiger partial charge is 0.370 e. The molecule has 1 aliphatic heterocycles. The Kier molecular flexibility index (Phi) is 6.75. The van der Waals surface area contributed by atoms with Gasteiger partial charge in [-0.25, -0.2) is 4.98 Å². The molecular weight excluding hydrogens is 516 g/mol. The predicted octanol–water partition coefficient (Wildman–Crippen LogP) is 6.47. The van der Waals surface area contributed by atoms with Gasteiger partial charge in [0, 0.05) is 36.9 Å². The Morgan fingerprint density at radius 1 is 1.00 bits per heavy atom. The molecule has 1 saturated carbocycles. The molecule has 0 atom stereocenters. The lowest BCUT2D eigenvalue weighted by molar-refractivity contribution is -0.133. The van der Waals surface area contributed by atoms with Crippen molar-refractivity contribution in [3.8, 4) is 0 Å². The fraction of sp³-hybridized carbons (Fsp3) is 0.346. The maximum Gasteiger partial charge on any atom is 0.229 e. The van der Waals surface area contributed by atoms with Gasteiger partial charge >= 0.3 is 0 Å². The van der Waals surface area contributed by atoms with Crippen LogP contribution in [0.5, 0.6) is 0 Å². The van der Waals surface area contributed by atoms with Crippen LogP contribution in [-0.4, -0.2) is 42.2 Å². The van der Waals surface area contributed by atoms with Crippen LogP contribution in [0.1, 0.15) is 25.7 Å². The topological polar surface area (TPSA) is 87.2 Å². The van der Waals surface area contributed by atoms with Crippen LogP contribution in [0.15, 0.2) is 48.7 Å². The lowest BCUT2D eigenvalue weighted by atomic mass is 9.62. The maximum absolute atomic E-state index is 12.7. The highest BCUT2D eigenvalue weighted by Crippen LogP contribution is 2.48. The Balaban J connectivity index is 1.30. The normalized spacial score (nSPS) is 17.1. The van der Waals surface area contributed by atoms with Crippen molar-refractivity contribution in [2.45, 2.75) is 25.7 Å². The molecule has 0 radical (unpaired) electrons. The molecule has 1 aliphatic carbocycles. The monoisotopic (exact) mass is 543 g/mol. The summed E-state index contributed by atoms with van der Waals surface area (Å²) in [7, 11) is -2.50. The summed E-state index contributed by atoms with van der Waals surface area (Å²) in [5, 5.41) is 8.12. The van der Waals surface area contributed by atoms with E-state index in [0.29, 0.717) is 33.3 Å². The van der Waals surface area contributed by atoms with Gasteiger partial charge in [0.1, 0.15) is 17.9 Å². The van der Waals surface area contributed by atoms with Gasteiger partial charge in [0.2, 0.25) is 5.95 Å². The molecule has 1 spiro atoms. The minimum Gasteiger partial charge on any atom is -0.370 e. The van der Waals surface area contributed by atoms with Crippen LogP contribution >= 0.6 is 30.3 Å². The summed E-state index contributed by atoms with van der Waals surface area (Å²) >= 11 is 13.0. The molecule has 5 rings (SSSR count). The van der Waals surface area contributed by atoms with Crippen molar-refractivity contribution >= 4 is 70.3 Å². The van der Waals surface area contributed by atoms with Crippen LogP contribution in [-0.2, 0) is 9.36 Å². The average Bonchev–Trinajstić information content (AvgIpc) is 2.81. The van der Waals surface area contributed by atoms with Crippen molar-refractivity contribution < 1.29 is 9.36 Å². The molecule has 2 aliphatic rings. The molecule has 10 heteroatoms. The van der Waals surface area contributed by atoms with E-state index in [2.05, 4.69) is 25.5 Å². The van der Waals surface area contributed by atoms with Gasteiger partial charge in [-0.3, -0.25) is 4.79 Å². The van der Waals surface area contributed by atoms with E-state index in [4.69, 9.17) is 23.2 Å². The highest BCUT2D eigenvalue weighted by molar-refractivity contribution is 7.70. The molecule has 0 amide bonds. The highest BCUT2D eigenvalue weighted by atomic mass is 35.5. The Morgan fingerprint density at radius 2 is 1.72 bits per heavy atom. The van der Waals surface area contributed by atoms with Gasteiger partial charge in [0.25, 0.3) is 0 Å². The highest BCUT2D eigenvalue weighted by Gasteiger charge is 2.45. The standard InChI is InChI=1S/C26H28Cl2N5O2P/c1-36(2,35)23-6-4-3-5-21(23)31-24-20(28)16-29-25(32-24)30-17-7-8-22(19(27)13-17)33-11-9-26(10-12-33)14-18(34)15-26/h3-8,13,16H,9-12,14-15H2,1-2H3,(H2,29,30,31,32). The second-order valence-electron chi connectivity index (χ2n) is 10.1. The first-order valence-electron chi connectivity index (χ1n) is 11.9. The van der Waals surface area contributed by atoms with Gasteiger partial charge in [-0.2, -0.15) is 4.98 Å². The smallest absolute Gasteiger partial charge is 0.229 e. The Labute approximate surface area is 221 Å². The zero-order valence-corrected chi connectivity index (χ0v) is 22.6. The van der Waals surface area contributed by atoms with Crippen LogP contribution in [0.3, 0.4) is 0 Å². The Bertz CT molecular complexity index is 1360. The molecule has 188 valence electrons. The fourth-order valence-corrected chi connectivity index (χ4v) is 6.62. The number of hydrogen-bond acceptors (Lipinski definition) is 7. The summed E-state index contributed by atoms with van der Waals surface area (Å²) in [5.74, 6) is 1.16. The number of benzene rings is 2. The van der Waals surface area contributed by atoms with Gasteiger partial charge in [-0.15, -0.1) is 0 Å². The number of halogens is 2. The number of Topliss-reactive ketones (excluding diaryl/α,β-unsaturated/α-hetero) is 1. The zero-order valence-electron chi connectivity index (χ0n) is 20.2. The van der Waals surface area contributed by atoms with Crippen molar-refractivity contribution in [3.63, 3.8) is 0 Å². The number of rotatable bonds is 6. The van der Waals surface area contributed by atoms with Crippen molar-refractivity contribution in [2.24, 2.45) is 5.41 Å². The zero-order chi connectivity index (χ0) is 25.5. The van der Waals surface area contributed by atoms with Gasteiger partial charge in [-0.05, 0) is 61.9 Å². The SMILES string of the molecule is CP(C)(=O)c1ccccc1Nc1nc(Nc2ccc(N3CCC4(CC3)CC(=O)C4)c(Cl)c2)ncc1Cl. The van der Waals surface area contributed by atoms with Crippen molar-refractivity contribution in [1.82, 2.24) is 9.97 Å². The molecule has 0 unspecified atom stereocenters. The van der Waals surface area contributed by atoms with Crippen LogP contribution in [0.25, 0.3) is 0 Å². The maximum atomic E-state index is 12.7. The summed E-state index contributed by atoms with van der Waals surface area (Å²) in [4.78, 5) is 22.6. The van der Waals surface area contributed by atoms with Crippen LogP contribution in [0.4, 0.5) is 28.8 Å². The Hall–Kier alpha value is -2.60. The number of nitrogens with one attached hydrogen (secondary N) is 2. The summed E-state index contributed by atoms with van der Waals surface area (Å²) in [6, 6.07) is 13.2. The van der Waals surface area contributed by atoms with Gasteiger partial charge < -0.3 is 20.1 Å². The van der Waals surface area contributed by atoms with Crippen LogP contribution in [0.2, 0.25) is 10.0 Å². The molecule has 7 nitrogen and oxygen atoms in total. The van der Waals surface area contributed by atoms with E-state index < -0.39 is 7.14 Å². The number of para-hydroxylation sites is 1. The summed E-state index contributed by atoms with van der Waals surface area (Å²) in [6.45, 7) is 5.26. The molecule has 2 fully saturated rings. The summed E-state index contributed by atoms with van der Waals surface area (Å²) in [5.41, 5.74) is 2.66. The molecule has 1 aromatic heterocycles. The molecule has 2 N–H and O–H groups in total. The average molecular weight is 544 g/mol. The minimum atomic E-state index is -2.50. The number of anilines is 5. The number of piperidine rings is 1. The number of hydrogen-bond donors (Lipinski definition) is 2. The molecule has 3 aromatic rings. The lowest BCUT2D eigenvalue weighted by Crippen LogP contribution is -2.47. The van der Waals surface area contributed by atoms with E-state index in [1.165, 1.54) is 6.20 Å². The minimum absolute atomic E-state index is 0.227. The van der Waals surface area contributed by atoms with E-state index in [1.807, 2.05) is 42.5 Å². The van der Waals surface area contributed by atoms with Gasteiger partial charge in [0.15, 0.2) is 5.82 Å². The fourth-order valence-electron chi connectivity index (χ4n) is 5.02. The third-order valence-electron chi connectivity index (χ3n) is 6.99.